The van der Waals surface area contributed by atoms with E-state index in [2.05, 4.69) is 63.2 Å². The van der Waals surface area contributed by atoms with Crippen LogP contribution in [0, 0.1) is 13.8 Å². The molecule has 0 aliphatic carbocycles. The molecule has 0 amide bonds. The maximum atomic E-state index is 3.55. The average molecular weight is 260 g/mol. The number of hydrogen-bond acceptors (Lipinski definition) is 2. The van der Waals surface area contributed by atoms with Gasteiger partial charge in [-0.2, -0.15) is 0 Å². The highest BCUT2D eigenvalue weighted by Gasteiger charge is 2.36. The predicted octanol–water partition coefficient (Wildman–Crippen LogP) is 3.44. The van der Waals surface area contributed by atoms with Crippen LogP contribution in [-0.4, -0.2) is 30.6 Å². The number of likely N-dealkylation sites (tertiary alicyclic amines) is 1. The van der Waals surface area contributed by atoms with E-state index >= 15 is 0 Å². The van der Waals surface area contributed by atoms with Gasteiger partial charge in [0.1, 0.15) is 0 Å². The molecule has 1 atom stereocenters. The van der Waals surface area contributed by atoms with Crippen molar-refractivity contribution in [3.05, 3.63) is 34.9 Å². The van der Waals surface area contributed by atoms with Crippen molar-refractivity contribution in [2.75, 3.05) is 20.1 Å². The fourth-order valence-corrected chi connectivity index (χ4v) is 3.58. The van der Waals surface area contributed by atoms with Gasteiger partial charge < -0.3 is 5.32 Å². The second-order valence-electron chi connectivity index (χ2n) is 6.49. The van der Waals surface area contributed by atoms with Crippen LogP contribution in [0.4, 0.5) is 0 Å². The second-order valence-corrected chi connectivity index (χ2v) is 6.49. The van der Waals surface area contributed by atoms with E-state index in [1.165, 1.54) is 42.6 Å². The molecular weight excluding hydrogens is 232 g/mol. The summed E-state index contributed by atoms with van der Waals surface area (Å²) in [4.78, 5) is 2.63. The van der Waals surface area contributed by atoms with Gasteiger partial charge in [-0.15, -0.1) is 0 Å². The lowest BCUT2D eigenvalue weighted by Gasteiger charge is -2.42. The van der Waals surface area contributed by atoms with Gasteiger partial charge in [-0.05, 0) is 66.2 Å². The average Bonchev–Trinajstić information content (AvgIpc) is 2.81. The third-order valence-corrected chi connectivity index (χ3v) is 4.49. The molecule has 0 bridgehead atoms. The zero-order chi connectivity index (χ0) is 14.0. The Morgan fingerprint density at radius 3 is 2.05 bits per heavy atom. The van der Waals surface area contributed by atoms with Crippen molar-refractivity contribution in [3.63, 3.8) is 0 Å². The highest BCUT2D eigenvalue weighted by atomic mass is 15.2. The second kappa shape index (κ2) is 5.64. The first-order valence-electron chi connectivity index (χ1n) is 7.45. The number of nitrogens with one attached hydrogen (secondary N) is 1. The highest BCUT2D eigenvalue weighted by molar-refractivity contribution is 5.32. The van der Waals surface area contributed by atoms with E-state index in [4.69, 9.17) is 0 Å². The van der Waals surface area contributed by atoms with Crippen molar-refractivity contribution in [2.45, 2.75) is 52.1 Å². The maximum Gasteiger partial charge on any atom is 0.0499 e. The number of rotatable bonds is 4. The van der Waals surface area contributed by atoms with Crippen molar-refractivity contribution in [1.29, 1.82) is 0 Å². The van der Waals surface area contributed by atoms with E-state index in [0.29, 0.717) is 6.04 Å². The van der Waals surface area contributed by atoms with Crippen LogP contribution in [0.2, 0.25) is 0 Å². The fraction of sp³-hybridized carbons (Fsp3) is 0.647. The Balaban J connectivity index is 2.32. The van der Waals surface area contributed by atoms with Crippen molar-refractivity contribution < 1.29 is 0 Å². The van der Waals surface area contributed by atoms with Crippen LogP contribution in [-0.2, 0) is 0 Å². The largest absolute Gasteiger partial charge is 0.311 e. The molecule has 1 saturated heterocycles. The zero-order valence-corrected chi connectivity index (χ0v) is 13.1. The van der Waals surface area contributed by atoms with Gasteiger partial charge in [-0.25, -0.2) is 0 Å². The van der Waals surface area contributed by atoms with E-state index in [1.54, 1.807) is 0 Å². The molecule has 0 radical (unpaired) electrons. The molecule has 19 heavy (non-hydrogen) atoms. The first-order valence-corrected chi connectivity index (χ1v) is 7.45. The van der Waals surface area contributed by atoms with Crippen molar-refractivity contribution >= 4 is 0 Å². The Morgan fingerprint density at radius 1 is 1.05 bits per heavy atom. The van der Waals surface area contributed by atoms with Crippen LogP contribution >= 0.6 is 0 Å². The Labute approximate surface area is 118 Å². The Bertz CT molecular complexity index is 411. The molecule has 2 heteroatoms. The molecule has 1 aliphatic heterocycles. The minimum atomic E-state index is 0.158. The molecule has 1 aliphatic rings. The topological polar surface area (TPSA) is 15.3 Å². The van der Waals surface area contributed by atoms with Crippen molar-refractivity contribution in [1.82, 2.24) is 10.2 Å². The van der Waals surface area contributed by atoms with E-state index in [1.807, 2.05) is 0 Å². The van der Waals surface area contributed by atoms with Crippen LogP contribution < -0.4 is 5.32 Å². The van der Waals surface area contributed by atoms with Gasteiger partial charge in [-0.1, -0.05) is 29.3 Å². The summed E-state index contributed by atoms with van der Waals surface area (Å²) in [5.74, 6) is 0. The molecule has 1 aromatic rings. The van der Waals surface area contributed by atoms with Crippen LogP contribution in [0.15, 0.2) is 18.2 Å². The van der Waals surface area contributed by atoms with Gasteiger partial charge in [0.05, 0.1) is 0 Å². The molecule has 0 aromatic heterocycles. The Morgan fingerprint density at radius 2 is 1.58 bits per heavy atom. The van der Waals surface area contributed by atoms with Crippen LogP contribution in [0.25, 0.3) is 0 Å². The SMILES string of the molecule is CNC(c1cc(C)cc(C)c1)C(C)(C)N1CCCC1. The molecule has 1 fully saturated rings. The summed E-state index contributed by atoms with van der Waals surface area (Å²) in [6.45, 7) is 11.6. The molecule has 0 spiro atoms. The molecule has 1 aromatic carbocycles. The number of aryl methyl sites for hydroxylation is 2. The summed E-state index contributed by atoms with van der Waals surface area (Å²) in [6.07, 6.45) is 2.68. The number of nitrogens with zero attached hydrogens (tertiary/aromatic N) is 1. The molecule has 1 unspecified atom stereocenters. The molecule has 106 valence electrons. The van der Waals surface area contributed by atoms with E-state index in [9.17, 15) is 0 Å². The third-order valence-electron chi connectivity index (χ3n) is 4.49. The third kappa shape index (κ3) is 3.01. The highest BCUT2D eigenvalue weighted by Crippen LogP contribution is 2.34. The Kier molecular flexibility index (Phi) is 4.32. The number of hydrogen-bond donors (Lipinski definition) is 1. The predicted molar refractivity (Wildman–Crippen MR) is 82.6 cm³/mol. The molecular formula is C17H28N2. The monoisotopic (exact) mass is 260 g/mol. The van der Waals surface area contributed by atoms with Gasteiger partial charge in [-0.3, -0.25) is 4.90 Å². The Hall–Kier alpha value is -0.860. The standard InChI is InChI=1S/C17H28N2/c1-13-10-14(2)12-15(11-13)16(18-5)17(3,4)19-8-6-7-9-19/h10-12,16,18H,6-9H2,1-5H3. The quantitative estimate of drug-likeness (QED) is 0.892. The van der Waals surface area contributed by atoms with E-state index in [0.717, 1.165) is 0 Å². The summed E-state index contributed by atoms with van der Waals surface area (Å²) >= 11 is 0. The summed E-state index contributed by atoms with van der Waals surface area (Å²) in [5, 5.41) is 3.55. The molecule has 1 heterocycles. The lowest BCUT2D eigenvalue weighted by atomic mass is 9.86. The first-order chi connectivity index (χ1) is 8.95. The summed E-state index contributed by atoms with van der Waals surface area (Å²) in [5.41, 5.74) is 4.28. The van der Waals surface area contributed by atoms with Gasteiger partial charge in [0, 0.05) is 11.6 Å². The van der Waals surface area contributed by atoms with Crippen LogP contribution in [0.3, 0.4) is 0 Å². The molecule has 2 rings (SSSR count). The maximum absolute atomic E-state index is 3.55. The minimum Gasteiger partial charge on any atom is -0.311 e. The fourth-order valence-electron chi connectivity index (χ4n) is 3.58. The van der Waals surface area contributed by atoms with Crippen molar-refractivity contribution in [2.24, 2.45) is 0 Å². The molecule has 1 N–H and O–H groups in total. The summed E-state index contributed by atoms with van der Waals surface area (Å²) in [7, 11) is 2.08. The summed E-state index contributed by atoms with van der Waals surface area (Å²) < 4.78 is 0. The van der Waals surface area contributed by atoms with Gasteiger partial charge in [0.25, 0.3) is 0 Å². The minimum absolute atomic E-state index is 0.158. The molecule has 0 saturated carbocycles. The van der Waals surface area contributed by atoms with E-state index < -0.39 is 0 Å². The summed E-state index contributed by atoms with van der Waals surface area (Å²) in [6, 6.07) is 7.28. The molecule has 2 nitrogen and oxygen atoms in total. The van der Waals surface area contributed by atoms with E-state index in [-0.39, 0.29) is 5.54 Å². The normalized spacial score (nSPS) is 18.8. The number of benzene rings is 1. The first kappa shape index (κ1) is 14.5. The van der Waals surface area contributed by atoms with Gasteiger partial charge in [0.2, 0.25) is 0 Å². The van der Waals surface area contributed by atoms with Gasteiger partial charge >= 0.3 is 0 Å². The van der Waals surface area contributed by atoms with Crippen LogP contribution in [0.1, 0.15) is 49.4 Å². The van der Waals surface area contributed by atoms with Crippen molar-refractivity contribution in [3.8, 4) is 0 Å². The lowest BCUT2D eigenvalue weighted by Crippen LogP contribution is -2.50. The van der Waals surface area contributed by atoms with Crippen LogP contribution in [0.5, 0.6) is 0 Å². The smallest absolute Gasteiger partial charge is 0.0499 e. The number of likely N-dealkylation sites (N-methyl/N-ethyl adjacent to an activating group) is 1. The van der Waals surface area contributed by atoms with Gasteiger partial charge in [0.15, 0.2) is 0 Å². The zero-order valence-electron chi connectivity index (χ0n) is 13.1. The lowest BCUT2D eigenvalue weighted by molar-refractivity contribution is 0.110.